The summed E-state index contributed by atoms with van der Waals surface area (Å²) in [6, 6.07) is 16.2. The van der Waals surface area contributed by atoms with Crippen molar-refractivity contribution < 1.29 is 10.2 Å². The number of aryl methyl sites for hydroxylation is 1. The van der Waals surface area contributed by atoms with Gasteiger partial charge in [-0.15, -0.1) is 10.2 Å². The molecular weight excluding hydrogens is 362 g/mol. The number of rotatable bonds is 2. The van der Waals surface area contributed by atoms with Crippen LogP contribution < -0.4 is 5.73 Å². The van der Waals surface area contributed by atoms with Crippen LogP contribution in [0.3, 0.4) is 0 Å². The summed E-state index contributed by atoms with van der Waals surface area (Å²) in [5.74, 6) is 0.156. The topological polar surface area (TPSA) is 91.2 Å². The Bertz CT molecular complexity index is 847. The van der Waals surface area contributed by atoms with Gasteiger partial charge >= 0.3 is 0 Å². The minimum Gasteiger partial charge on any atom is -0.506 e. The van der Waals surface area contributed by atoms with Gasteiger partial charge in [-0.2, -0.15) is 0 Å². The van der Waals surface area contributed by atoms with Crippen molar-refractivity contribution in [1.29, 1.82) is 0 Å². The second-order valence-electron chi connectivity index (χ2n) is 4.80. The lowest BCUT2D eigenvalue weighted by Gasteiger charge is -2.07. The van der Waals surface area contributed by atoms with Crippen LogP contribution in [-0.4, -0.2) is 17.3 Å². The summed E-state index contributed by atoms with van der Waals surface area (Å²) in [5.41, 5.74) is 6.10. The van der Waals surface area contributed by atoms with E-state index in [1.807, 2.05) is 78.8 Å². The normalized spacial score (nSPS) is 9.00. The van der Waals surface area contributed by atoms with Crippen molar-refractivity contribution in [2.75, 3.05) is 7.05 Å². The predicted octanol–water partition coefficient (Wildman–Crippen LogP) is 7.63. The summed E-state index contributed by atoms with van der Waals surface area (Å²) < 4.78 is 0. The average Bonchev–Trinajstić information content (AvgIpc) is 2.80. The predicted molar refractivity (Wildman–Crippen MR) is 127 cm³/mol. The summed E-state index contributed by atoms with van der Waals surface area (Å²) in [5, 5.41) is 29.8. The average molecular weight is 400 g/mol. The monoisotopic (exact) mass is 399 g/mol. The first kappa shape index (κ1) is 28.3. The van der Waals surface area contributed by atoms with Crippen LogP contribution in [0.2, 0.25) is 0 Å². The Morgan fingerprint density at radius 2 is 1.24 bits per heavy atom. The van der Waals surface area contributed by atoms with E-state index in [4.69, 9.17) is 0 Å². The first-order chi connectivity index (χ1) is 14.2. The molecule has 0 spiro atoms. The number of aromatic hydroxyl groups is 2. The molecule has 0 aliphatic carbocycles. The Kier molecular flexibility index (Phi) is 16.8. The number of phenols is 2. The van der Waals surface area contributed by atoms with E-state index in [9.17, 15) is 10.2 Å². The number of phenolic OH excluding ortho intramolecular Hbond substituents is 2. The lowest BCUT2D eigenvalue weighted by atomic mass is 10.0. The van der Waals surface area contributed by atoms with E-state index >= 15 is 0 Å². The molecule has 0 bridgehead atoms. The van der Waals surface area contributed by atoms with Gasteiger partial charge in [-0.1, -0.05) is 77.9 Å². The van der Waals surface area contributed by atoms with Crippen molar-refractivity contribution in [3.63, 3.8) is 0 Å². The van der Waals surface area contributed by atoms with Gasteiger partial charge in [0.15, 0.2) is 5.75 Å². The Labute approximate surface area is 175 Å². The molecule has 0 heterocycles. The van der Waals surface area contributed by atoms with Crippen molar-refractivity contribution in [1.82, 2.24) is 0 Å². The van der Waals surface area contributed by atoms with Gasteiger partial charge in [0, 0.05) is 5.39 Å². The highest BCUT2D eigenvalue weighted by Gasteiger charge is 2.09. The smallest absolute Gasteiger partial charge is 0.151 e. The number of azo groups is 1. The number of hydrogen-bond donors (Lipinski definition) is 3. The highest BCUT2D eigenvalue weighted by molar-refractivity contribution is 5.93. The number of nitrogens with two attached hydrogens (primary N) is 1. The molecule has 0 saturated carbocycles. The van der Waals surface area contributed by atoms with Crippen LogP contribution in [-0.2, 0) is 0 Å². The number of benzene rings is 3. The molecular formula is C24H37N3O2. The zero-order valence-corrected chi connectivity index (χ0v) is 19.1. The van der Waals surface area contributed by atoms with Gasteiger partial charge in [0.2, 0.25) is 0 Å². The molecule has 0 atom stereocenters. The van der Waals surface area contributed by atoms with E-state index in [1.54, 1.807) is 24.3 Å². The fraction of sp³-hybridized carbons (Fsp3) is 0.333. The summed E-state index contributed by atoms with van der Waals surface area (Å²) in [6.45, 7) is 13.9. The van der Waals surface area contributed by atoms with Gasteiger partial charge < -0.3 is 15.9 Å². The highest BCUT2D eigenvalue weighted by Crippen LogP contribution is 2.39. The van der Waals surface area contributed by atoms with Crippen molar-refractivity contribution in [3.8, 4) is 11.5 Å². The first-order valence-corrected chi connectivity index (χ1v) is 10.2. The molecule has 5 nitrogen and oxygen atoms in total. The van der Waals surface area contributed by atoms with E-state index in [1.165, 1.54) is 7.05 Å². The van der Waals surface area contributed by atoms with Gasteiger partial charge in [-0.25, -0.2) is 0 Å². The molecule has 0 aromatic heterocycles. The Balaban J connectivity index is 0. The number of para-hydroxylation sites is 1. The van der Waals surface area contributed by atoms with E-state index in [0.29, 0.717) is 11.4 Å². The molecule has 5 heteroatoms. The number of fused-ring (bicyclic) bond motifs is 1. The maximum Gasteiger partial charge on any atom is 0.151 e. The van der Waals surface area contributed by atoms with E-state index in [2.05, 4.69) is 16.0 Å². The maximum atomic E-state index is 10.4. The molecule has 0 radical (unpaired) electrons. The third kappa shape index (κ3) is 8.32. The zero-order chi connectivity index (χ0) is 22.8. The summed E-state index contributed by atoms with van der Waals surface area (Å²) in [6.07, 6.45) is 0. The lowest BCUT2D eigenvalue weighted by molar-refractivity contribution is 0.475. The molecule has 3 rings (SSSR count). The SMILES string of the molecule is CC.CC.CC.CN.Cc1cc2ccccc2c(O)c1N=Nc1ccccc1O. The van der Waals surface area contributed by atoms with Crippen molar-refractivity contribution in [2.45, 2.75) is 48.5 Å². The summed E-state index contributed by atoms with van der Waals surface area (Å²) >= 11 is 0. The van der Waals surface area contributed by atoms with Gasteiger partial charge in [0.05, 0.1) is 0 Å². The molecule has 0 aliphatic heterocycles. The largest absolute Gasteiger partial charge is 0.506 e. The summed E-state index contributed by atoms with van der Waals surface area (Å²) in [7, 11) is 1.50. The third-order valence-corrected chi connectivity index (χ3v) is 3.33. The van der Waals surface area contributed by atoms with Crippen LogP contribution >= 0.6 is 0 Å². The third-order valence-electron chi connectivity index (χ3n) is 3.33. The molecule has 0 fully saturated rings. The Morgan fingerprint density at radius 3 is 1.83 bits per heavy atom. The molecule has 4 N–H and O–H groups in total. The fourth-order valence-electron chi connectivity index (χ4n) is 2.23. The van der Waals surface area contributed by atoms with E-state index < -0.39 is 0 Å². The van der Waals surface area contributed by atoms with E-state index in [0.717, 1.165) is 16.3 Å². The van der Waals surface area contributed by atoms with Gasteiger partial charge in [-0.05, 0) is 43.1 Å². The molecule has 0 saturated heterocycles. The molecule has 160 valence electrons. The van der Waals surface area contributed by atoms with Crippen molar-refractivity contribution in [2.24, 2.45) is 16.0 Å². The molecule has 0 amide bonds. The number of nitrogens with zero attached hydrogens (tertiary/aromatic N) is 2. The van der Waals surface area contributed by atoms with Crippen molar-refractivity contribution >= 4 is 22.1 Å². The van der Waals surface area contributed by atoms with Gasteiger partial charge in [0.1, 0.15) is 17.1 Å². The number of hydrogen-bond acceptors (Lipinski definition) is 5. The molecule has 29 heavy (non-hydrogen) atoms. The zero-order valence-electron chi connectivity index (χ0n) is 19.1. The van der Waals surface area contributed by atoms with Gasteiger partial charge in [-0.3, -0.25) is 0 Å². The summed E-state index contributed by atoms with van der Waals surface area (Å²) in [4.78, 5) is 0. The van der Waals surface area contributed by atoms with Crippen LogP contribution in [0.1, 0.15) is 47.1 Å². The second kappa shape index (κ2) is 17.2. The van der Waals surface area contributed by atoms with Crippen molar-refractivity contribution in [3.05, 3.63) is 60.2 Å². The standard InChI is InChI=1S/C17H14N2O2.3C2H6.CH5N/c1-11-10-12-6-2-3-7-13(12)17(21)16(11)19-18-14-8-4-5-9-15(14)20;4*1-2/h2-10,20-21H,1H3;3*1-2H3;2H2,1H3. The fourth-order valence-corrected chi connectivity index (χ4v) is 2.23. The minimum absolute atomic E-state index is 0.0548. The van der Waals surface area contributed by atoms with Crippen LogP contribution in [0.4, 0.5) is 11.4 Å². The van der Waals surface area contributed by atoms with Gasteiger partial charge in [0.25, 0.3) is 0 Å². The second-order valence-corrected chi connectivity index (χ2v) is 4.80. The first-order valence-electron chi connectivity index (χ1n) is 10.2. The van der Waals surface area contributed by atoms with Crippen LogP contribution in [0.15, 0.2) is 64.8 Å². The highest BCUT2D eigenvalue weighted by atomic mass is 16.3. The molecule has 0 aliphatic rings. The molecule has 3 aromatic rings. The molecule has 0 unspecified atom stereocenters. The van der Waals surface area contributed by atoms with Crippen LogP contribution in [0.25, 0.3) is 10.8 Å². The quantitative estimate of drug-likeness (QED) is 0.387. The van der Waals surface area contributed by atoms with Crippen LogP contribution in [0, 0.1) is 6.92 Å². The minimum atomic E-state index is 0.0548. The van der Waals surface area contributed by atoms with E-state index in [-0.39, 0.29) is 11.5 Å². The Morgan fingerprint density at radius 1 is 0.724 bits per heavy atom. The molecule has 3 aromatic carbocycles. The Hall–Kier alpha value is -2.92. The van der Waals surface area contributed by atoms with Crippen LogP contribution in [0.5, 0.6) is 11.5 Å². The maximum absolute atomic E-state index is 10.4. The lowest BCUT2D eigenvalue weighted by Crippen LogP contribution is -1.80.